The van der Waals surface area contributed by atoms with E-state index in [9.17, 15) is 9.59 Å². The summed E-state index contributed by atoms with van der Waals surface area (Å²) in [5, 5.41) is 10.4. The fraction of sp³-hybridized carbons (Fsp3) is 0.615. The first-order chi connectivity index (χ1) is 21.8. The molecule has 6 heteroatoms. The molecule has 2 rings (SSSR count). The van der Waals surface area contributed by atoms with Gasteiger partial charge in [-0.15, -0.1) is 5.73 Å². The Kier molecular flexibility index (Phi) is 23.4. The van der Waals surface area contributed by atoms with Crippen molar-refractivity contribution in [2.75, 3.05) is 26.8 Å². The van der Waals surface area contributed by atoms with E-state index >= 15 is 0 Å². The molecule has 3 unspecified atom stereocenters. The Morgan fingerprint density at radius 2 is 1.87 bits per heavy atom. The molecule has 0 aromatic carbocycles. The average Bonchev–Trinajstić information content (AvgIpc) is 3.32. The van der Waals surface area contributed by atoms with Crippen LogP contribution >= 0.6 is 0 Å². The van der Waals surface area contributed by atoms with Gasteiger partial charge in [0.2, 0.25) is 5.91 Å². The van der Waals surface area contributed by atoms with Crippen LogP contribution < -0.4 is 5.32 Å². The van der Waals surface area contributed by atoms with E-state index in [2.05, 4.69) is 55.5 Å². The molecule has 1 fully saturated rings. The first kappa shape index (κ1) is 41.9. The van der Waals surface area contributed by atoms with Gasteiger partial charge >= 0.3 is 0 Å². The number of likely N-dealkylation sites (tertiary alicyclic amines) is 1. The topological polar surface area (TPSA) is 78.9 Å². The van der Waals surface area contributed by atoms with E-state index in [-0.39, 0.29) is 17.4 Å². The van der Waals surface area contributed by atoms with Gasteiger partial charge in [0.25, 0.3) is 0 Å². The van der Waals surface area contributed by atoms with Gasteiger partial charge in [-0.05, 0) is 93.6 Å². The second kappa shape index (κ2) is 25.2. The van der Waals surface area contributed by atoms with Gasteiger partial charge in [-0.3, -0.25) is 4.79 Å². The summed E-state index contributed by atoms with van der Waals surface area (Å²) in [6.07, 6.45) is 24.1. The summed E-state index contributed by atoms with van der Waals surface area (Å²) in [6.45, 7) is 21.2. The first-order valence-electron chi connectivity index (χ1n) is 17.2. The maximum absolute atomic E-state index is 13.3. The number of allylic oxidation sites excluding steroid dienone is 7. The van der Waals surface area contributed by atoms with Crippen LogP contribution in [0.25, 0.3) is 0 Å². The number of hydrogen-bond donors (Lipinski definition) is 2. The highest BCUT2D eigenvalue weighted by Crippen LogP contribution is 2.28. The summed E-state index contributed by atoms with van der Waals surface area (Å²) in [7, 11) is 1.00. The molecule has 0 saturated carbocycles. The van der Waals surface area contributed by atoms with Gasteiger partial charge in [0.15, 0.2) is 0 Å². The molecule has 0 spiro atoms. The number of nitrogens with one attached hydrogen (secondary N) is 1. The fourth-order valence-electron chi connectivity index (χ4n) is 5.26. The maximum Gasteiger partial charge on any atom is 0.220 e. The molecule has 1 saturated heterocycles. The Bertz CT molecular complexity index is 1050. The second-order valence-corrected chi connectivity index (χ2v) is 11.8. The van der Waals surface area contributed by atoms with Crippen LogP contribution in [0.2, 0.25) is 0 Å². The van der Waals surface area contributed by atoms with Crippen molar-refractivity contribution in [3.63, 3.8) is 0 Å². The highest BCUT2D eigenvalue weighted by atomic mass is 16.5. The molecule has 0 bridgehead atoms. The lowest BCUT2D eigenvalue weighted by Gasteiger charge is -2.35. The van der Waals surface area contributed by atoms with Gasteiger partial charge in [-0.2, -0.15) is 0 Å². The van der Waals surface area contributed by atoms with Crippen LogP contribution in [0.1, 0.15) is 113 Å². The fourth-order valence-corrected chi connectivity index (χ4v) is 5.26. The number of aliphatic hydroxyl groups excluding tert-OH is 1. The highest BCUT2D eigenvalue weighted by Gasteiger charge is 2.25. The summed E-state index contributed by atoms with van der Waals surface area (Å²) >= 11 is 0. The van der Waals surface area contributed by atoms with Crippen LogP contribution in [0.5, 0.6) is 0 Å². The molecule has 45 heavy (non-hydrogen) atoms. The number of nitrogens with zero attached hydrogens (tertiary/aromatic N) is 1. The normalized spacial score (nSPS) is 17.5. The van der Waals surface area contributed by atoms with E-state index in [1.165, 1.54) is 30.5 Å². The Morgan fingerprint density at radius 3 is 2.44 bits per heavy atom. The van der Waals surface area contributed by atoms with Crippen molar-refractivity contribution in [2.45, 2.75) is 119 Å². The molecule has 2 N–H and O–H groups in total. The number of aliphatic hydroxyl groups is 1. The van der Waals surface area contributed by atoms with E-state index in [1.807, 2.05) is 58.1 Å². The van der Waals surface area contributed by atoms with E-state index in [1.54, 1.807) is 0 Å². The van der Waals surface area contributed by atoms with Crippen molar-refractivity contribution in [3.8, 4) is 0 Å². The van der Waals surface area contributed by atoms with E-state index in [4.69, 9.17) is 9.84 Å². The predicted octanol–water partition coefficient (Wildman–Crippen LogP) is 8.77. The summed E-state index contributed by atoms with van der Waals surface area (Å²) < 4.78 is 5.91. The van der Waals surface area contributed by atoms with Crippen LogP contribution in [-0.2, 0) is 14.3 Å². The van der Waals surface area contributed by atoms with E-state index in [0.29, 0.717) is 25.4 Å². The molecular formula is C39H64N2O4. The zero-order chi connectivity index (χ0) is 34.1. The van der Waals surface area contributed by atoms with Gasteiger partial charge in [0, 0.05) is 43.8 Å². The third kappa shape index (κ3) is 16.2. The van der Waals surface area contributed by atoms with Crippen molar-refractivity contribution in [3.05, 3.63) is 77.4 Å². The molecule has 2 aliphatic rings. The van der Waals surface area contributed by atoms with Crippen molar-refractivity contribution in [1.29, 1.82) is 0 Å². The summed E-state index contributed by atoms with van der Waals surface area (Å²) in [5.41, 5.74) is 6.34. The number of ether oxygens (including phenoxy) is 1. The molecule has 1 aliphatic heterocycles. The molecule has 0 aromatic heterocycles. The Balaban J connectivity index is 0.00000464. The maximum atomic E-state index is 13.3. The van der Waals surface area contributed by atoms with Gasteiger partial charge in [0.05, 0.1) is 12.6 Å². The minimum atomic E-state index is -0.275. The minimum Gasteiger partial charge on any atom is -0.493 e. The SMILES string of the molecule is C=C/C=C(\C(=C/C)C(CC(C)CC)NC(=O)CCC1=CC=C(OCCCC(C)(C=O)CC)C=C=C1)N1CCCCC1.CC.CO. The number of hydrogen-bond acceptors (Lipinski definition) is 5. The number of piperidine rings is 1. The zero-order valence-corrected chi connectivity index (χ0v) is 29.8. The number of aldehydes is 1. The lowest BCUT2D eigenvalue weighted by atomic mass is 9.85. The van der Waals surface area contributed by atoms with Crippen molar-refractivity contribution >= 4 is 12.2 Å². The lowest BCUT2D eigenvalue weighted by Crippen LogP contribution is -2.41. The molecule has 1 amide bonds. The van der Waals surface area contributed by atoms with Gasteiger partial charge in [-0.1, -0.05) is 72.8 Å². The van der Waals surface area contributed by atoms with Gasteiger partial charge in [-0.25, -0.2) is 0 Å². The third-order valence-corrected chi connectivity index (χ3v) is 8.47. The largest absolute Gasteiger partial charge is 0.493 e. The minimum absolute atomic E-state index is 0.0391. The smallest absolute Gasteiger partial charge is 0.220 e. The van der Waals surface area contributed by atoms with Crippen LogP contribution in [0.15, 0.2) is 77.4 Å². The lowest BCUT2D eigenvalue weighted by molar-refractivity contribution is -0.121. The summed E-state index contributed by atoms with van der Waals surface area (Å²) in [6, 6.07) is -0.0391. The third-order valence-electron chi connectivity index (χ3n) is 8.47. The molecule has 1 aliphatic carbocycles. The highest BCUT2D eigenvalue weighted by molar-refractivity contribution is 5.77. The standard InChI is InChI=1S/C36H54N2O3.C2H6.CH4O/c1-7-16-34(38-24-12-11-13-25-38)32(9-3)33(27-29(5)8-2)37-35(40)22-20-30-17-14-18-31(21-19-30)41-26-15-23-36(6,10-4)28-39;2*1-2/h7,9,16-19,21,28-29,33H,1,8,10-13,15,20,22-27H2,2-6H3,(H,37,40);1-2H3;2H,1H3/b32-9-,34-16+;;. The Labute approximate surface area is 275 Å². The van der Waals surface area contributed by atoms with Crippen LogP contribution in [0.4, 0.5) is 0 Å². The molecule has 6 nitrogen and oxygen atoms in total. The zero-order valence-electron chi connectivity index (χ0n) is 29.8. The number of amides is 1. The number of rotatable bonds is 18. The van der Waals surface area contributed by atoms with Crippen molar-refractivity contribution in [1.82, 2.24) is 10.2 Å². The molecule has 3 atom stereocenters. The predicted molar refractivity (Wildman–Crippen MR) is 191 cm³/mol. The average molecular weight is 625 g/mol. The molecule has 254 valence electrons. The van der Waals surface area contributed by atoms with E-state index < -0.39 is 0 Å². The Hall–Kier alpha value is -3.08. The Morgan fingerprint density at radius 1 is 1.18 bits per heavy atom. The second-order valence-electron chi connectivity index (χ2n) is 11.8. The molecule has 0 aromatic rings. The van der Waals surface area contributed by atoms with E-state index in [0.717, 1.165) is 69.9 Å². The molecular weight excluding hydrogens is 560 g/mol. The van der Waals surface area contributed by atoms with Crippen LogP contribution in [0.3, 0.4) is 0 Å². The number of carbonyl (C=O) groups excluding carboxylic acids is 2. The summed E-state index contributed by atoms with van der Waals surface area (Å²) in [4.78, 5) is 27.0. The number of carbonyl (C=O) groups is 2. The van der Waals surface area contributed by atoms with Crippen molar-refractivity contribution < 1.29 is 19.4 Å². The quantitative estimate of drug-likeness (QED) is 0.0690. The van der Waals surface area contributed by atoms with Crippen LogP contribution in [-0.4, -0.2) is 55.0 Å². The van der Waals surface area contributed by atoms with Gasteiger partial charge in [0.1, 0.15) is 12.0 Å². The molecule has 0 radical (unpaired) electrons. The first-order valence-corrected chi connectivity index (χ1v) is 17.2. The monoisotopic (exact) mass is 624 g/mol. The van der Waals surface area contributed by atoms with Gasteiger partial charge < -0.3 is 24.9 Å². The summed E-state index contributed by atoms with van der Waals surface area (Å²) in [5.74, 6) is 1.30. The molecule has 1 heterocycles. The van der Waals surface area contributed by atoms with Crippen LogP contribution in [0, 0.1) is 11.3 Å². The van der Waals surface area contributed by atoms with Crippen molar-refractivity contribution in [2.24, 2.45) is 11.3 Å².